The Balaban J connectivity index is 2.13. The van der Waals surface area contributed by atoms with Gasteiger partial charge in [-0.25, -0.2) is 0 Å². The maximum atomic E-state index is 5.06. The fourth-order valence-electron chi connectivity index (χ4n) is 2.04. The number of aryl methyl sites for hydroxylation is 2. The van der Waals surface area contributed by atoms with Gasteiger partial charge in [0.2, 0.25) is 0 Å². The molecule has 0 amide bonds. The first kappa shape index (κ1) is 11.1. The van der Waals surface area contributed by atoms with E-state index in [0.717, 1.165) is 31.4 Å². The second-order valence-electron chi connectivity index (χ2n) is 4.04. The van der Waals surface area contributed by atoms with Crippen molar-refractivity contribution in [1.82, 2.24) is 9.78 Å². The maximum Gasteiger partial charge on any atom is 0.0926 e. The van der Waals surface area contributed by atoms with E-state index in [9.17, 15) is 0 Å². The number of unbranched alkanes of at least 4 members (excludes halogenated alkanes) is 1. The van der Waals surface area contributed by atoms with Crippen molar-refractivity contribution in [1.29, 1.82) is 0 Å². The van der Waals surface area contributed by atoms with Crippen molar-refractivity contribution in [3.8, 4) is 0 Å². The van der Waals surface area contributed by atoms with Crippen LogP contribution in [0.4, 0.5) is 0 Å². The number of nitrogens with zero attached hydrogens (tertiary/aromatic N) is 2. The van der Waals surface area contributed by atoms with Crippen LogP contribution in [-0.2, 0) is 18.2 Å². The monoisotopic (exact) mass is 218 g/mol. The minimum atomic E-state index is 0.843. The molecule has 16 heavy (non-hydrogen) atoms. The van der Waals surface area contributed by atoms with Crippen molar-refractivity contribution in [2.75, 3.05) is 13.7 Å². The van der Waals surface area contributed by atoms with Gasteiger partial charge in [0.1, 0.15) is 0 Å². The fraction of sp³-hybridized carbons (Fsp3) is 0.462. The first-order chi connectivity index (χ1) is 7.83. The highest BCUT2D eigenvalue weighted by Gasteiger charge is 2.07. The number of benzene rings is 1. The average molecular weight is 218 g/mol. The zero-order valence-electron chi connectivity index (χ0n) is 9.94. The Bertz CT molecular complexity index is 462. The fourth-order valence-corrected chi connectivity index (χ4v) is 2.04. The van der Waals surface area contributed by atoms with E-state index in [1.807, 2.05) is 17.8 Å². The number of hydrogen-bond acceptors (Lipinski definition) is 2. The number of rotatable bonds is 5. The van der Waals surface area contributed by atoms with Gasteiger partial charge in [0.15, 0.2) is 0 Å². The lowest BCUT2D eigenvalue weighted by Gasteiger charge is -2.02. The number of methoxy groups -OCH3 is 1. The van der Waals surface area contributed by atoms with Gasteiger partial charge in [-0.05, 0) is 25.3 Å². The van der Waals surface area contributed by atoms with Crippen LogP contribution in [0.5, 0.6) is 0 Å². The van der Waals surface area contributed by atoms with Crippen molar-refractivity contribution >= 4 is 10.9 Å². The zero-order chi connectivity index (χ0) is 11.4. The third kappa shape index (κ3) is 2.25. The Labute approximate surface area is 96.0 Å². The molecule has 0 radical (unpaired) electrons. The van der Waals surface area contributed by atoms with Gasteiger partial charge >= 0.3 is 0 Å². The second-order valence-corrected chi connectivity index (χ2v) is 4.04. The summed E-state index contributed by atoms with van der Waals surface area (Å²) < 4.78 is 7.05. The van der Waals surface area contributed by atoms with Gasteiger partial charge in [-0.1, -0.05) is 18.2 Å². The molecule has 86 valence electrons. The highest BCUT2D eigenvalue weighted by molar-refractivity contribution is 5.81. The lowest BCUT2D eigenvalue weighted by molar-refractivity contribution is 0.193. The van der Waals surface area contributed by atoms with Gasteiger partial charge in [0.05, 0.1) is 5.52 Å². The van der Waals surface area contributed by atoms with E-state index >= 15 is 0 Å². The van der Waals surface area contributed by atoms with Crippen LogP contribution >= 0.6 is 0 Å². The predicted molar refractivity (Wildman–Crippen MR) is 65.5 cm³/mol. The summed E-state index contributed by atoms with van der Waals surface area (Å²) in [7, 11) is 3.77. The second kappa shape index (κ2) is 5.12. The minimum Gasteiger partial charge on any atom is -0.385 e. The van der Waals surface area contributed by atoms with Crippen molar-refractivity contribution in [2.24, 2.45) is 7.05 Å². The highest BCUT2D eigenvalue weighted by Crippen LogP contribution is 2.18. The third-order valence-electron chi connectivity index (χ3n) is 2.88. The minimum absolute atomic E-state index is 0.843. The summed E-state index contributed by atoms with van der Waals surface area (Å²) in [5.41, 5.74) is 2.42. The summed E-state index contributed by atoms with van der Waals surface area (Å²) in [6.07, 6.45) is 3.33. The molecule has 0 atom stereocenters. The first-order valence-electron chi connectivity index (χ1n) is 5.72. The Hall–Kier alpha value is -1.35. The quantitative estimate of drug-likeness (QED) is 0.721. The number of aromatic nitrogens is 2. The Morgan fingerprint density at radius 2 is 2.06 bits per heavy atom. The summed E-state index contributed by atoms with van der Waals surface area (Å²) in [6, 6.07) is 8.31. The maximum absolute atomic E-state index is 5.06. The van der Waals surface area contributed by atoms with Crippen LogP contribution in [0.25, 0.3) is 10.9 Å². The van der Waals surface area contributed by atoms with E-state index in [-0.39, 0.29) is 0 Å². The molecular formula is C13H18N2O. The molecule has 0 spiro atoms. The molecule has 1 aromatic carbocycles. The molecule has 3 nitrogen and oxygen atoms in total. The van der Waals surface area contributed by atoms with E-state index in [1.54, 1.807) is 7.11 Å². The van der Waals surface area contributed by atoms with E-state index < -0.39 is 0 Å². The summed E-state index contributed by atoms with van der Waals surface area (Å²) in [5, 5.41) is 5.78. The van der Waals surface area contributed by atoms with Crippen molar-refractivity contribution in [2.45, 2.75) is 19.3 Å². The highest BCUT2D eigenvalue weighted by atomic mass is 16.5. The lowest BCUT2D eigenvalue weighted by Crippen LogP contribution is -1.99. The number of hydrogen-bond donors (Lipinski definition) is 0. The SMILES string of the molecule is COCCCCc1c2ccccc2nn1C. The molecule has 3 heteroatoms. The molecule has 0 saturated heterocycles. The molecule has 1 aromatic heterocycles. The number of fused-ring (bicyclic) bond motifs is 1. The average Bonchev–Trinajstić information content (AvgIpc) is 2.61. The van der Waals surface area contributed by atoms with Crippen LogP contribution in [0.15, 0.2) is 24.3 Å². The molecule has 1 heterocycles. The van der Waals surface area contributed by atoms with Gasteiger partial charge in [0, 0.05) is 31.8 Å². The van der Waals surface area contributed by atoms with Gasteiger partial charge in [-0.2, -0.15) is 5.10 Å². The summed E-state index contributed by atoms with van der Waals surface area (Å²) in [6.45, 7) is 0.843. The van der Waals surface area contributed by atoms with Gasteiger partial charge < -0.3 is 4.74 Å². The van der Waals surface area contributed by atoms with Crippen molar-refractivity contribution in [3.05, 3.63) is 30.0 Å². The molecule has 0 unspecified atom stereocenters. The van der Waals surface area contributed by atoms with Gasteiger partial charge in [0.25, 0.3) is 0 Å². The Morgan fingerprint density at radius 3 is 2.88 bits per heavy atom. The normalized spacial score (nSPS) is 11.1. The molecule has 0 saturated carbocycles. The van der Waals surface area contributed by atoms with Crippen LogP contribution in [-0.4, -0.2) is 23.5 Å². The molecule has 2 rings (SSSR count). The summed E-state index contributed by atoms with van der Waals surface area (Å²) in [5.74, 6) is 0. The van der Waals surface area contributed by atoms with Crippen LogP contribution in [0, 0.1) is 0 Å². The van der Waals surface area contributed by atoms with Crippen LogP contribution in [0.2, 0.25) is 0 Å². The third-order valence-corrected chi connectivity index (χ3v) is 2.88. The molecule has 0 N–H and O–H groups in total. The molecule has 2 aromatic rings. The Morgan fingerprint density at radius 1 is 1.25 bits per heavy atom. The molecule has 0 aliphatic rings. The zero-order valence-corrected chi connectivity index (χ0v) is 9.94. The predicted octanol–water partition coefficient (Wildman–Crippen LogP) is 2.54. The Kier molecular flexibility index (Phi) is 3.57. The molecule has 0 aliphatic carbocycles. The smallest absolute Gasteiger partial charge is 0.0926 e. The first-order valence-corrected chi connectivity index (χ1v) is 5.72. The molecule has 0 fully saturated rings. The van der Waals surface area contributed by atoms with Gasteiger partial charge in [-0.15, -0.1) is 0 Å². The summed E-state index contributed by atoms with van der Waals surface area (Å²) in [4.78, 5) is 0. The van der Waals surface area contributed by atoms with Crippen molar-refractivity contribution in [3.63, 3.8) is 0 Å². The van der Waals surface area contributed by atoms with Gasteiger partial charge in [-0.3, -0.25) is 4.68 Å². The molecule has 0 bridgehead atoms. The van der Waals surface area contributed by atoms with Crippen LogP contribution in [0.3, 0.4) is 0 Å². The van der Waals surface area contributed by atoms with E-state index in [4.69, 9.17) is 4.74 Å². The van der Waals surface area contributed by atoms with Crippen LogP contribution in [0.1, 0.15) is 18.5 Å². The molecule has 0 aliphatic heterocycles. The largest absolute Gasteiger partial charge is 0.385 e. The topological polar surface area (TPSA) is 27.1 Å². The molecular weight excluding hydrogens is 200 g/mol. The lowest BCUT2D eigenvalue weighted by atomic mass is 10.1. The number of ether oxygens (including phenoxy) is 1. The summed E-state index contributed by atoms with van der Waals surface area (Å²) >= 11 is 0. The van der Waals surface area contributed by atoms with E-state index in [0.29, 0.717) is 0 Å². The standard InChI is InChI=1S/C13H18N2O/c1-15-13(9-5-6-10-16-2)11-7-3-4-8-12(11)14-15/h3-4,7-8H,5-6,9-10H2,1-2H3. The van der Waals surface area contributed by atoms with E-state index in [2.05, 4.69) is 23.3 Å². The van der Waals surface area contributed by atoms with E-state index in [1.165, 1.54) is 11.1 Å². The van der Waals surface area contributed by atoms with Crippen LogP contribution < -0.4 is 0 Å². The van der Waals surface area contributed by atoms with Crippen molar-refractivity contribution < 1.29 is 4.74 Å².